The molecule has 0 spiro atoms. The van der Waals surface area contributed by atoms with Gasteiger partial charge in [-0.05, 0) is 32.1 Å². The summed E-state index contributed by atoms with van der Waals surface area (Å²) in [7, 11) is 3.94. The van der Waals surface area contributed by atoms with E-state index in [1.54, 1.807) is 0 Å². The Labute approximate surface area is 113 Å². The van der Waals surface area contributed by atoms with Crippen LogP contribution in [0.1, 0.15) is 5.56 Å². The predicted octanol–water partition coefficient (Wildman–Crippen LogP) is 1.74. The topological polar surface area (TPSA) is 44.4 Å². The van der Waals surface area contributed by atoms with Crippen LogP contribution in [0, 0.1) is 0 Å². The lowest BCUT2D eigenvalue weighted by Gasteiger charge is -2.11. The van der Waals surface area contributed by atoms with Crippen LogP contribution in [-0.2, 0) is 6.42 Å². The molecular formula is C13H20ClN3O. The van der Waals surface area contributed by atoms with Gasteiger partial charge in [-0.3, -0.25) is 0 Å². The van der Waals surface area contributed by atoms with Crippen LogP contribution in [-0.4, -0.2) is 44.7 Å². The van der Waals surface area contributed by atoms with Gasteiger partial charge in [-0.2, -0.15) is 0 Å². The van der Waals surface area contributed by atoms with Gasteiger partial charge in [0.05, 0.1) is 0 Å². The average molecular weight is 270 g/mol. The van der Waals surface area contributed by atoms with Gasteiger partial charge in [-0.25, -0.2) is 4.79 Å². The van der Waals surface area contributed by atoms with Crippen LogP contribution in [0.5, 0.6) is 0 Å². The van der Waals surface area contributed by atoms with E-state index in [1.807, 2.05) is 43.3 Å². The third-order valence-electron chi connectivity index (χ3n) is 2.48. The highest BCUT2D eigenvalue weighted by Crippen LogP contribution is 2.14. The van der Waals surface area contributed by atoms with E-state index >= 15 is 0 Å². The maximum Gasteiger partial charge on any atom is 0.314 e. The number of nitrogens with zero attached hydrogens (tertiary/aromatic N) is 1. The highest BCUT2D eigenvalue weighted by atomic mass is 35.5. The molecule has 0 bridgehead atoms. The summed E-state index contributed by atoms with van der Waals surface area (Å²) in [5, 5.41) is 6.34. The molecule has 0 fully saturated rings. The van der Waals surface area contributed by atoms with E-state index in [1.165, 1.54) is 0 Å². The van der Waals surface area contributed by atoms with E-state index in [9.17, 15) is 4.79 Å². The number of carbonyl (C=O) groups is 1. The van der Waals surface area contributed by atoms with Crippen LogP contribution in [0.4, 0.5) is 4.79 Å². The molecule has 0 aliphatic carbocycles. The molecule has 0 aliphatic rings. The molecule has 100 valence electrons. The molecule has 0 radical (unpaired) electrons. The highest BCUT2D eigenvalue weighted by Gasteiger charge is 2.01. The zero-order valence-electron chi connectivity index (χ0n) is 10.9. The fourth-order valence-electron chi connectivity index (χ4n) is 1.47. The summed E-state index contributed by atoms with van der Waals surface area (Å²) in [6.45, 7) is 2.06. The Kier molecular flexibility index (Phi) is 6.54. The standard InChI is InChI=1S/C13H20ClN3O/c1-17(2)10-9-16-13(18)15-8-7-11-5-3-4-6-12(11)14/h3-6H,7-10H2,1-2H3,(H2,15,16,18). The van der Waals surface area contributed by atoms with Gasteiger partial charge in [0.1, 0.15) is 0 Å². The maximum atomic E-state index is 11.4. The number of likely N-dealkylation sites (N-methyl/N-ethyl adjacent to an activating group) is 1. The lowest BCUT2D eigenvalue weighted by molar-refractivity contribution is 0.239. The lowest BCUT2D eigenvalue weighted by Crippen LogP contribution is -2.39. The van der Waals surface area contributed by atoms with Crippen molar-refractivity contribution in [1.29, 1.82) is 0 Å². The fourth-order valence-corrected chi connectivity index (χ4v) is 1.70. The van der Waals surface area contributed by atoms with Crippen molar-refractivity contribution >= 4 is 17.6 Å². The van der Waals surface area contributed by atoms with Gasteiger partial charge in [-0.15, -0.1) is 0 Å². The molecule has 0 aromatic heterocycles. The van der Waals surface area contributed by atoms with Crippen LogP contribution in [0.15, 0.2) is 24.3 Å². The fraction of sp³-hybridized carbons (Fsp3) is 0.462. The van der Waals surface area contributed by atoms with Crippen molar-refractivity contribution in [2.75, 3.05) is 33.7 Å². The summed E-state index contributed by atoms with van der Waals surface area (Å²) in [6.07, 6.45) is 0.737. The first-order chi connectivity index (χ1) is 8.59. The Morgan fingerprint density at radius 3 is 2.56 bits per heavy atom. The minimum absolute atomic E-state index is 0.135. The first-order valence-corrected chi connectivity index (χ1v) is 6.37. The summed E-state index contributed by atoms with van der Waals surface area (Å²) in [5.74, 6) is 0. The van der Waals surface area contributed by atoms with Gasteiger partial charge in [0.2, 0.25) is 0 Å². The van der Waals surface area contributed by atoms with Crippen molar-refractivity contribution < 1.29 is 4.79 Å². The van der Waals surface area contributed by atoms with Crippen molar-refractivity contribution in [3.05, 3.63) is 34.9 Å². The van der Waals surface area contributed by atoms with Crippen LogP contribution in [0.25, 0.3) is 0 Å². The van der Waals surface area contributed by atoms with E-state index in [0.29, 0.717) is 13.1 Å². The van der Waals surface area contributed by atoms with Crippen LogP contribution < -0.4 is 10.6 Å². The van der Waals surface area contributed by atoms with Gasteiger partial charge < -0.3 is 15.5 Å². The number of hydrogen-bond donors (Lipinski definition) is 2. The summed E-state index contributed by atoms with van der Waals surface area (Å²) in [5.41, 5.74) is 1.05. The lowest BCUT2D eigenvalue weighted by atomic mass is 10.1. The molecule has 4 nitrogen and oxygen atoms in total. The number of benzene rings is 1. The van der Waals surface area contributed by atoms with Gasteiger partial charge in [-0.1, -0.05) is 29.8 Å². The molecule has 2 amide bonds. The molecule has 18 heavy (non-hydrogen) atoms. The van der Waals surface area contributed by atoms with Crippen LogP contribution in [0.2, 0.25) is 5.02 Å². The quantitative estimate of drug-likeness (QED) is 0.826. The molecule has 0 heterocycles. The number of nitrogens with one attached hydrogen (secondary N) is 2. The van der Waals surface area contributed by atoms with Crippen LogP contribution in [0.3, 0.4) is 0 Å². The highest BCUT2D eigenvalue weighted by molar-refractivity contribution is 6.31. The Balaban J connectivity index is 2.18. The summed E-state index contributed by atoms with van der Waals surface area (Å²) >= 11 is 6.02. The summed E-state index contributed by atoms with van der Waals surface area (Å²) < 4.78 is 0. The van der Waals surface area contributed by atoms with Gasteiger partial charge in [0, 0.05) is 24.7 Å². The van der Waals surface area contributed by atoms with Crippen molar-refractivity contribution in [3.63, 3.8) is 0 Å². The second kappa shape index (κ2) is 7.95. The van der Waals surface area contributed by atoms with E-state index in [0.717, 1.165) is 23.6 Å². The maximum absolute atomic E-state index is 11.4. The predicted molar refractivity (Wildman–Crippen MR) is 75.1 cm³/mol. The Morgan fingerprint density at radius 2 is 1.89 bits per heavy atom. The Hall–Kier alpha value is -1.26. The summed E-state index contributed by atoms with van der Waals surface area (Å²) in [6, 6.07) is 7.53. The van der Waals surface area contributed by atoms with E-state index in [-0.39, 0.29) is 6.03 Å². The largest absolute Gasteiger partial charge is 0.338 e. The molecule has 2 N–H and O–H groups in total. The molecule has 1 aromatic carbocycles. The molecular weight excluding hydrogens is 250 g/mol. The smallest absolute Gasteiger partial charge is 0.314 e. The van der Waals surface area contributed by atoms with E-state index < -0.39 is 0 Å². The molecule has 0 aliphatic heterocycles. The van der Waals surface area contributed by atoms with Crippen molar-refractivity contribution in [2.45, 2.75) is 6.42 Å². The van der Waals surface area contributed by atoms with Gasteiger partial charge >= 0.3 is 6.03 Å². The molecule has 0 atom stereocenters. The van der Waals surface area contributed by atoms with Crippen LogP contribution >= 0.6 is 11.6 Å². The number of carbonyl (C=O) groups excluding carboxylic acids is 1. The zero-order valence-corrected chi connectivity index (χ0v) is 11.6. The third kappa shape index (κ3) is 5.89. The van der Waals surface area contributed by atoms with Crippen molar-refractivity contribution in [1.82, 2.24) is 15.5 Å². The molecule has 5 heteroatoms. The second-order valence-corrected chi connectivity index (χ2v) is 4.73. The first-order valence-electron chi connectivity index (χ1n) is 5.99. The van der Waals surface area contributed by atoms with Gasteiger partial charge in [0.25, 0.3) is 0 Å². The van der Waals surface area contributed by atoms with E-state index in [4.69, 9.17) is 11.6 Å². The number of rotatable bonds is 6. The minimum atomic E-state index is -0.135. The summed E-state index contributed by atoms with van der Waals surface area (Å²) in [4.78, 5) is 13.4. The molecule has 0 unspecified atom stereocenters. The number of amides is 2. The number of halogens is 1. The minimum Gasteiger partial charge on any atom is -0.338 e. The Bertz CT molecular complexity index is 382. The second-order valence-electron chi connectivity index (χ2n) is 4.33. The first kappa shape index (κ1) is 14.8. The monoisotopic (exact) mass is 269 g/mol. The molecule has 1 aromatic rings. The number of urea groups is 1. The zero-order chi connectivity index (χ0) is 13.4. The molecule has 0 saturated heterocycles. The average Bonchev–Trinajstić information content (AvgIpc) is 2.31. The van der Waals surface area contributed by atoms with Crippen molar-refractivity contribution in [3.8, 4) is 0 Å². The molecule has 1 rings (SSSR count). The van der Waals surface area contributed by atoms with Gasteiger partial charge in [0.15, 0.2) is 0 Å². The SMILES string of the molecule is CN(C)CCNC(=O)NCCc1ccccc1Cl. The normalized spacial score (nSPS) is 10.4. The Morgan fingerprint density at radius 1 is 1.22 bits per heavy atom. The third-order valence-corrected chi connectivity index (χ3v) is 2.85. The van der Waals surface area contributed by atoms with Crippen molar-refractivity contribution in [2.24, 2.45) is 0 Å². The molecule has 0 saturated carbocycles. The number of hydrogen-bond acceptors (Lipinski definition) is 2. The van der Waals surface area contributed by atoms with E-state index in [2.05, 4.69) is 10.6 Å².